The van der Waals surface area contributed by atoms with Gasteiger partial charge in [0.1, 0.15) is 18.2 Å². The Hall–Kier alpha value is -3.20. The minimum atomic E-state index is -0.720. The molecule has 2 aliphatic rings. The van der Waals surface area contributed by atoms with Gasteiger partial charge in [0.25, 0.3) is 5.91 Å². The number of ether oxygens (including phenoxy) is 1. The number of carbonyl (C=O) groups excluding carboxylic acids is 3. The van der Waals surface area contributed by atoms with Gasteiger partial charge in [0, 0.05) is 23.2 Å². The molecular formula is C23H22ClF2N3O4. The molecule has 0 radical (unpaired) electrons. The van der Waals surface area contributed by atoms with E-state index in [4.69, 9.17) is 16.3 Å². The van der Waals surface area contributed by atoms with Gasteiger partial charge in [0.2, 0.25) is 5.91 Å². The summed E-state index contributed by atoms with van der Waals surface area (Å²) < 4.78 is 33.2. The van der Waals surface area contributed by atoms with Crippen LogP contribution in [0.2, 0.25) is 5.02 Å². The van der Waals surface area contributed by atoms with Crippen LogP contribution in [0.3, 0.4) is 0 Å². The number of piperidine rings is 1. The Morgan fingerprint density at radius 1 is 1.12 bits per heavy atom. The third kappa shape index (κ3) is 5.24. The molecule has 0 unspecified atom stereocenters. The monoisotopic (exact) mass is 477 g/mol. The lowest BCUT2D eigenvalue weighted by molar-refractivity contribution is -0.123. The summed E-state index contributed by atoms with van der Waals surface area (Å²) in [6.45, 7) is 0.0301. The lowest BCUT2D eigenvalue weighted by atomic mass is 10.0. The third-order valence-electron chi connectivity index (χ3n) is 5.79. The number of hydrogen-bond donors (Lipinski definition) is 3. The van der Waals surface area contributed by atoms with E-state index in [1.54, 1.807) is 0 Å². The number of fused-ring (bicyclic) bond motifs is 1. The fourth-order valence-electron chi connectivity index (χ4n) is 4.21. The number of amides is 3. The van der Waals surface area contributed by atoms with Gasteiger partial charge in [0.15, 0.2) is 0 Å². The van der Waals surface area contributed by atoms with Crippen LogP contribution in [0.5, 0.6) is 0 Å². The van der Waals surface area contributed by atoms with Crippen molar-refractivity contribution < 1.29 is 27.9 Å². The predicted octanol–water partition coefficient (Wildman–Crippen LogP) is 4.25. The first kappa shape index (κ1) is 23.0. The Balaban J connectivity index is 1.43. The summed E-state index contributed by atoms with van der Waals surface area (Å²) in [6.07, 6.45) is 1.97. The maximum Gasteiger partial charge on any atom is 0.407 e. The molecule has 0 bridgehead atoms. The van der Waals surface area contributed by atoms with Crippen molar-refractivity contribution in [3.63, 3.8) is 0 Å². The Labute approximate surface area is 193 Å². The molecule has 2 atom stereocenters. The van der Waals surface area contributed by atoms with Crippen LogP contribution in [0, 0.1) is 11.6 Å². The molecule has 0 aromatic heterocycles. The number of benzene rings is 2. The van der Waals surface area contributed by atoms with Gasteiger partial charge in [-0.2, -0.15) is 0 Å². The van der Waals surface area contributed by atoms with Gasteiger partial charge >= 0.3 is 6.09 Å². The van der Waals surface area contributed by atoms with Gasteiger partial charge in [0.05, 0.1) is 17.1 Å². The highest BCUT2D eigenvalue weighted by atomic mass is 35.5. The Kier molecular flexibility index (Phi) is 6.78. The molecule has 1 heterocycles. The van der Waals surface area contributed by atoms with Crippen molar-refractivity contribution in [1.29, 1.82) is 0 Å². The molecule has 10 heteroatoms. The molecule has 2 aromatic carbocycles. The molecule has 1 aliphatic heterocycles. The second-order valence-corrected chi connectivity index (χ2v) is 8.47. The van der Waals surface area contributed by atoms with E-state index < -0.39 is 29.7 Å². The highest BCUT2D eigenvalue weighted by Crippen LogP contribution is 2.36. The first-order valence-corrected chi connectivity index (χ1v) is 11.0. The maximum atomic E-state index is 14.6. The number of nitrogens with one attached hydrogen (secondary N) is 3. The number of alkyl carbamates (subject to hydrolysis) is 1. The average Bonchev–Trinajstić information content (AvgIpc) is 3.19. The van der Waals surface area contributed by atoms with Crippen molar-refractivity contribution in [2.45, 2.75) is 44.2 Å². The summed E-state index contributed by atoms with van der Waals surface area (Å²) in [4.78, 5) is 36.5. The Bertz CT molecular complexity index is 1110. The van der Waals surface area contributed by atoms with E-state index in [1.807, 2.05) is 0 Å². The summed E-state index contributed by atoms with van der Waals surface area (Å²) in [5, 5.41) is 7.91. The van der Waals surface area contributed by atoms with Gasteiger partial charge in [-0.05, 0) is 61.6 Å². The zero-order valence-corrected chi connectivity index (χ0v) is 18.3. The van der Waals surface area contributed by atoms with Gasteiger partial charge in [-0.1, -0.05) is 11.6 Å². The zero-order chi connectivity index (χ0) is 23.5. The predicted molar refractivity (Wildman–Crippen MR) is 117 cm³/mol. The molecule has 1 saturated heterocycles. The standard InChI is InChI=1S/C23H22ClF2N3O4/c24-16-10-12(4-7-17(16)25)28-22(31)15-5-8-18(26)21-14(15)6-9-19(21)29-23(32)33-11-13-2-1-3-20(30)27-13/h4-5,7-8,10,13,19H,1-3,6,9,11H2,(H,27,30)(H,28,31)(H,29,32)/t13-,19-/m0/s1. The smallest absolute Gasteiger partial charge is 0.407 e. The fourth-order valence-corrected chi connectivity index (χ4v) is 4.39. The van der Waals surface area contributed by atoms with E-state index in [-0.39, 0.29) is 34.7 Å². The summed E-state index contributed by atoms with van der Waals surface area (Å²) in [7, 11) is 0. The van der Waals surface area contributed by atoms with Gasteiger partial charge in [-0.15, -0.1) is 0 Å². The molecule has 7 nitrogen and oxygen atoms in total. The second-order valence-electron chi connectivity index (χ2n) is 8.06. The van der Waals surface area contributed by atoms with Crippen LogP contribution < -0.4 is 16.0 Å². The molecule has 0 saturated carbocycles. The van der Waals surface area contributed by atoms with Crippen molar-refractivity contribution >= 4 is 35.2 Å². The molecular weight excluding hydrogens is 456 g/mol. The Morgan fingerprint density at radius 3 is 2.67 bits per heavy atom. The van der Waals surface area contributed by atoms with Crippen molar-refractivity contribution in [3.05, 3.63) is 63.7 Å². The number of anilines is 1. The third-order valence-corrected chi connectivity index (χ3v) is 6.08. The lowest BCUT2D eigenvalue weighted by Crippen LogP contribution is -2.43. The molecule has 1 fully saturated rings. The van der Waals surface area contributed by atoms with Crippen molar-refractivity contribution in [2.75, 3.05) is 11.9 Å². The summed E-state index contributed by atoms with van der Waals surface area (Å²) in [5.41, 5.74) is 1.29. The lowest BCUT2D eigenvalue weighted by Gasteiger charge is -2.23. The van der Waals surface area contributed by atoms with E-state index in [9.17, 15) is 23.2 Å². The molecule has 2 aromatic rings. The van der Waals surface area contributed by atoms with Crippen molar-refractivity contribution in [3.8, 4) is 0 Å². The van der Waals surface area contributed by atoms with Crippen molar-refractivity contribution in [1.82, 2.24) is 10.6 Å². The van der Waals surface area contributed by atoms with Crippen LogP contribution in [0.15, 0.2) is 30.3 Å². The van der Waals surface area contributed by atoms with E-state index in [0.29, 0.717) is 30.5 Å². The number of rotatable bonds is 5. The number of halogens is 3. The molecule has 1 aliphatic carbocycles. The fraction of sp³-hybridized carbons (Fsp3) is 0.348. The van der Waals surface area contributed by atoms with E-state index in [1.165, 1.54) is 24.3 Å². The second kappa shape index (κ2) is 9.74. The molecule has 0 spiro atoms. The number of carbonyl (C=O) groups is 3. The minimum absolute atomic E-state index is 0.0301. The van der Waals surface area contributed by atoms with E-state index in [0.717, 1.165) is 18.9 Å². The van der Waals surface area contributed by atoms with E-state index >= 15 is 0 Å². The van der Waals surface area contributed by atoms with Crippen LogP contribution in [-0.2, 0) is 16.0 Å². The van der Waals surface area contributed by atoms with E-state index in [2.05, 4.69) is 16.0 Å². The minimum Gasteiger partial charge on any atom is -0.447 e. The highest BCUT2D eigenvalue weighted by Gasteiger charge is 2.31. The molecule has 174 valence electrons. The van der Waals surface area contributed by atoms with Crippen LogP contribution in [-0.4, -0.2) is 30.6 Å². The zero-order valence-electron chi connectivity index (χ0n) is 17.6. The average molecular weight is 478 g/mol. The van der Waals surface area contributed by atoms with Crippen molar-refractivity contribution in [2.24, 2.45) is 0 Å². The van der Waals surface area contributed by atoms with Gasteiger partial charge in [-0.3, -0.25) is 9.59 Å². The van der Waals surface area contributed by atoms with Gasteiger partial charge < -0.3 is 20.7 Å². The van der Waals surface area contributed by atoms with Crippen LogP contribution in [0.25, 0.3) is 0 Å². The van der Waals surface area contributed by atoms with Crippen LogP contribution >= 0.6 is 11.6 Å². The topological polar surface area (TPSA) is 96.5 Å². The maximum absolute atomic E-state index is 14.6. The summed E-state index contributed by atoms with van der Waals surface area (Å²) >= 11 is 5.76. The molecule has 3 amide bonds. The van der Waals surface area contributed by atoms with Crippen LogP contribution in [0.4, 0.5) is 19.3 Å². The first-order valence-electron chi connectivity index (χ1n) is 10.6. The highest BCUT2D eigenvalue weighted by molar-refractivity contribution is 6.31. The molecule has 4 rings (SSSR count). The van der Waals surface area contributed by atoms with Gasteiger partial charge in [-0.25, -0.2) is 13.6 Å². The quantitative estimate of drug-likeness (QED) is 0.599. The normalized spacial score (nSPS) is 19.4. The molecule has 3 N–H and O–H groups in total. The summed E-state index contributed by atoms with van der Waals surface area (Å²) in [5.74, 6) is -1.71. The molecule has 33 heavy (non-hydrogen) atoms. The summed E-state index contributed by atoms with van der Waals surface area (Å²) in [6, 6.07) is 5.46. The Morgan fingerprint density at radius 2 is 1.91 bits per heavy atom. The van der Waals surface area contributed by atoms with Crippen LogP contribution in [0.1, 0.15) is 53.2 Å². The first-order chi connectivity index (χ1) is 15.8. The number of hydrogen-bond acceptors (Lipinski definition) is 4. The SMILES string of the molecule is O=C1CCC[C@@H](COC(=O)N[C@H]2CCc3c(C(=O)Nc4ccc(F)c(Cl)c4)ccc(F)c32)N1. The largest absolute Gasteiger partial charge is 0.447 e.